The van der Waals surface area contributed by atoms with Crippen LogP contribution in [0.5, 0.6) is 0 Å². The molecule has 2 aromatic rings. The van der Waals surface area contributed by atoms with E-state index in [2.05, 4.69) is 23.2 Å². The topological polar surface area (TPSA) is 45.8 Å². The first kappa shape index (κ1) is 9.65. The summed E-state index contributed by atoms with van der Waals surface area (Å²) in [5, 5.41) is 6.74. The van der Waals surface area contributed by atoms with Gasteiger partial charge >= 0.3 is 0 Å². The standard InChI is InChI=1S/C12H12N2O/c1-8-4-3-5-11(9(8)2)12-10(7-15)6-13-14-12/h3-7H,1-2H3,(H,13,14). The third-order valence-electron chi connectivity index (χ3n) is 2.67. The number of aldehydes is 1. The zero-order valence-electron chi connectivity index (χ0n) is 8.74. The van der Waals surface area contributed by atoms with E-state index in [0.717, 1.165) is 17.5 Å². The van der Waals surface area contributed by atoms with E-state index in [-0.39, 0.29) is 0 Å². The van der Waals surface area contributed by atoms with Crippen LogP contribution in [0.2, 0.25) is 0 Å². The molecule has 0 radical (unpaired) electrons. The van der Waals surface area contributed by atoms with E-state index in [9.17, 15) is 4.79 Å². The normalized spacial score (nSPS) is 10.3. The molecular weight excluding hydrogens is 188 g/mol. The molecule has 0 aliphatic rings. The molecule has 0 amide bonds. The fourth-order valence-corrected chi connectivity index (χ4v) is 1.62. The summed E-state index contributed by atoms with van der Waals surface area (Å²) in [7, 11) is 0. The van der Waals surface area contributed by atoms with E-state index in [0.29, 0.717) is 5.56 Å². The van der Waals surface area contributed by atoms with Crippen LogP contribution in [0, 0.1) is 13.8 Å². The van der Waals surface area contributed by atoms with Gasteiger partial charge in [0, 0.05) is 5.56 Å². The zero-order valence-corrected chi connectivity index (χ0v) is 8.74. The molecular formula is C12H12N2O. The lowest BCUT2D eigenvalue weighted by atomic mass is 9.99. The number of rotatable bonds is 2. The number of aromatic amines is 1. The highest BCUT2D eigenvalue weighted by Gasteiger charge is 2.09. The monoisotopic (exact) mass is 200 g/mol. The summed E-state index contributed by atoms with van der Waals surface area (Å²) in [6, 6.07) is 6.02. The Balaban J connectivity index is 2.64. The first-order chi connectivity index (χ1) is 7.24. The molecule has 1 N–H and O–H groups in total. The van der Waals surface area contributed by atoms with Gasteiger partial charge in [-0.25, -0.2) is 0 Å². The van der Waals surface area contributed by atoms with Gasteiger partial charge in [0.25, 0.3) is 0 Å². The summed E-state index contributed by atoms with van der Waals surface area (Å²) >= 11 is 0. The number of aryl methyl sites for hydroxylation is 1. The van der Waals surface area contributed by atoms with Gasteiger partial charge in [-0.15, -0.1) is 0 Å². The molecule has 0 bridgehead atoms. The molecule has 1 aromatic heterocycles. The zero-order chi connectivity index (χ0) is 10.8. The molecule has 1 heterocycles. The maximum absolute atomic E-state index is 10.8. The maximum atomic E-state index is 10.8. The molecule has 3 nitrogen and oxygen atoms in total. The molecule has 0 spiro atoms. The van der Waals surface area contributed by atoms with Crippen molar-refractivity contribution in [1.29, 1.82) is 0 Å². The van der Waals surface area contributed by atoms with Gasteiger partial charge in [-0.05, 0) is 25.0 Å². The second-order valence-electron chi connectivity index (χ2n) is 3.57. The first-order valence-corrected chi connectivity index (χ1v) is 4.79. The van der Waals surface area contributed by atoms with Crippen molar-refractivity contribution in [3.05, 3.63) is 41.1 Å². The second-order valence-corrected chi connectivity index (χ2v) is 3.57. The number of benzene rings is 1. The van der Waals surface area contributed by atoms with Crippen LogP contribution in [-0.4, -0.2) is 16.5 Å². The smallest absolute Gasteiger partial charge is 0.153 e. The van der Waals surface area contributed by atoms with Gasteiger partial charge in [-0.3, -0.25) is 9.89 Å². The van der Waals surface area contributed by atoms with Crippen molar-refractivity contribution >= 4 is 6.29 Å². The molecule has 0 atom stereocenters. The Morgan fingerprint density at radius 3 is 2.87 bits per heavy atom. The lowest BCUT2D eigenvalue weighted by Gasteiger charge is -2.06. The third kappa shape index (κ3) is 1.56. The Morgan fingerprint density at radius 1 is 1.33 bits per heavy atom. The maximum Gasteiger partial charge on any atom is 0.153 e. The van der Waals surface area contributed by atoms with E-state index < -0.39 is 0 Å². The van der Waals surface area contributed by atoms with Crippen LogP contribution in [-0.2, 0) is 0 Å². The highest BCUT2D eigenvalue weighted by atomic mass is 16.1. The fraction of sp³-hybridized carbons (Fsp3) is 0.167. The minimum atomic E-state index is 0.601. The van der Waals surface area contributed by atoms with E-state index in [1.807, 2.05) is 19.1 Å². The Morgan fingerprint density at radius 2 is 2.13 bits per heavy atom. The quantitative estimate of drug-likeness (QED) is 0.757. The lowest BCUT2D eigenvalue weighted by molar-refractivity contribution is 0.112. The van der Waals surface area contributed by atoms with Crippen molar-refractivity contribution in [3.8, 4) is 11.3 Å². The van der Waals surface area contributed by atoms with Crippen LogP contribution in [0.3, 0.4) is 0 Å². The molecule has 0 aliphatic carbocycles. The molecule has 3 heteroatoms. The molecule has 15 heavy (non-hydrogen) atoms. The molecule has 0 fully saturated rings. The SMILES string of the molecule is Cc1cccc(-c2[nH]ncc2C=O)c1C. The number of carbonyl (C=O) groups is 1. The largest absolute Gasteiger partial charge is 0.298 e. The van der Waals surface area contributed by atoms with Crippen molar-refractivity contribution in [2.24, 2.45) is 0 Å². The molecule has 0 saturated carbocycles. The molecule has 0 unspecified atom stereocenters. The lowest BCUT2D eigenvalue weighted by Crippen LogP contribution is -1.90. The van der Waals surface area contributed by atoms with Crippen LogP contribution in [0.4, 0.5) is 0 Å². The van der Waals surface area contributed by atoms with Crippen molar-refractivity contribution < 1.29 is 4.79 Å². The van der Waals surface area contributed by atoms with Crippen LogP contribution in [0.25, 0.3) is 11.3 Å². The number of aromatic nitrogens is 2. The Bertz CT molecular complexity index is 500. The Hall–Kier alpha value is -1.90. The average molecular weight is 200 g/mol. The first-order valence-electron chi connectivity index (χ1n) is 4.79. The summed E-state index contributed by atoms with van der Waals surface area (Å²) in [6.07, 6.45) is 2.37. The summed E-state index contributed by atoms with van der Waals surface area (Å²) in [5.41, 5.74) is 4.81. The van der Waals surface area contributed by atoms with Crippen LogP contribution in [0.15, 0.2) is 24.4 Å². The summed E-state index contributed by atoms with van der Waals surface area (Å²) in [4.78, 5) is 10.8. The van der Waals surface area contributed by atoms with E-state index in [1.54, 1.807) is 6.20 Å². The van der Waals surface area contributed by atoms with Crippen LogP contribution >= 0.6 is 0 Å². The van der Waals surface area contributed by atoms with Crippen molar-refractivity contribution in [2.45, 2.75) is 13.8 Å². The highest BCUT2D eigenvalue weighted by Crippen LogP contribution is 2.25. The molecule has 0 saturated heterocycles. The molecule has 76 valence electrons. The molecule has 1 aromatic carbocycles. The van der Waals surface area contributed by atoms with E-state index in [4.69, 9.17) is 0 Å². The number of nitrogens with one attached hydrogen (secondary N) is 1. The second kappa shape index (κ2) is 3.69. The van der Waals surface area contributed by atoms with E-state index in [1.165, 1.54) is 11.1 Å². The van der Waals surface area contributed by atoms with Crippen LogP contribution in [0.1, 0.15) is 21.5 Å². The predicted octanol–water partition coefficient (Wildman–Crippen LogP) is 2.51. The van der Waals surface area contributed by atoms with E-state index >= 15 is 0 Å². The molecule has 0 aliphatic heterocycles. The van der Waals surface area contributed by atoms with Gasteiger partial charge in [0.15, 0.2) is 6.29 Å². The molecule has 2 rings (SSSR count). The average Bonchev–Trinajstić information content (AvgIpc) is 2.70. The number of H-pyrrole nitrogens is 1. The highest BCUT2D eigenvalue weighted by molar-refractivity contribution is 5.86. The third-order valence-corrected chi connectivity index (χ3v) is 2.67. The minimum absolute atomic E-state index is 0.601. The van der Waals surface area contributed by atoms with Crippen molar-refractivity contribution in [3.63, 3.8) is 0 Å². The van der Waals surface area contributed by atoms with Crippen molar-refractivity contribution in [2.75, 3.05) is 0 Å². The van der Waals surface area contributed by atoms with Gasteiger partial charge in [-0.1, -0.05) is 18.2 Å². The van der Waals surface area contributed by atoms with Gasteiger partial charge in [0.2, 0.25) is 0 Å². The Kier molecular flexibility index (Phi) is 2.37. The number of hydrogen-bond donors (Lipinski definition) is 1. The van der Waals surface area contributed by atoms with Crippen molar-refractivity contribution in [1.82, 2.24) is 10.2 Å². The fourth-order valence-electron chi connectivity index (χ4n) is 1.62. The van der Waals surface area contributed by atoms with Gasteiger partial charge < -0.3 is 0 Å². The summed E-state index contributed by atoms with van der Waals surface area (Å²) < 4.78 is 0. The summed E-state index contributed by atoms with van der Waals surface area (Å²) in [5.74, 6) is 0. The van der Waals surface area contributed by atoms with Gasteiger partial charge in [-0.2, -0.15) is 5.10 Å². The number of nitrogens with zero attached hydrogens (tertiary/aromatic N) is 1. The number of hydrogen-bond acceptors (Lipinski definition) is 2. The number of carbonyl (C=O) groups excluding carboxylic acids is 1. The van der Waals surface area contributed by atoms with Gasteiger partial charge in [0.1, 0.15) is 0 Å². The van der Waals surface area contributed by atoms with Crippen LogP contribution < -0.4 is 0 Å². The Labute approximate surface area is 88.1 Å². The summed E-state index contributed by atoms with van der Waals surface area (Å²) in [6.45, 7) is 4.09. The minimum Gasteiger partial charge on any atom is -0.298 e. The predicted molar refractivity (Wildman–Crippen MR) is 58.9 cm³/mol. The van der Waals surface area contributed by atoms with Gasteiger partial charge in [0.05, 0.1) is 17.5 Å².